The van der Waals surface area contributed by atoms with Crippen LogP contribution in [0.1, 0.15) is 16.1 Å². The fraction of sp³-hybridized carbons (Fsp3) is 0.0714. The summed E-state index contributed by atoms with van der Waals surface area (Å²) < 4.78 is 1.87. The van der Waals surface area contributed by atoms with Gasteiger partial charge in [-0.05, 0) is 17.1 Å². The predicted molar refractivity (Wildman–Crippen MR) is 81.4 cm³/mol. The molecule has 0 aliphatic carbocycles. The first-order chi connectivity index (χ1) is 10.6. The zero-order valence-electron chi connectivity index (χ0n) is 11.5. The molecule has 0 spiro atoms. The average molecular weight is 296 g/mol. The lowest BCUT2D eigenvalue weighted by Gasteiger charge is -2.06. The third-order valence-electron chi connectivity index (χ3n) is 3.40. The SMILES string of the molecule is NC(=O)c1nccc2c1ncn2Cc1ccc(B(O)O)cc1. The van der Waals surface area contributed by atoms with E-state index in [2.05, 4.69) is 9.97 Å². The summed E-state index contributed by atoms with van der Waals surface area (Å²) in [5, 5.41) is 18.2. The largest absolute Gasteiger partial charge is 0.488 e. The van der Waals surface area contributed by atoms with Gasteiger partial charge in [-0.15, -0.1) is 0 Å². The van der Waals surface area contributed by atoms with Crippen molar-refractivity contribution in [3.8, 4) is 0 Å². The Bertz CT molecular complexity index is 830. The molecule has 4 N–H and O–H groups in total. The van der Waals surface area contributed by atoms with Crippen molar-refractivity contribution in [1.82, 2.24) is 14.5 Å². The molecule has 0 aliphatic heterocycles. The Balaban J connectivity index is 1.94. The molecule has 0 saturated carbocycles. The number of fused-ring (bicyclic) bond motifs is 1. The van der Waals surface area contributed by atoms with E-state index in [-0.39, 0.29) is 5.69 Å². The topological polar surface area (TPSA) is 114 Å². The van der Waals surface area contributed by atoms with Crippen molar-refractivity contribution in [2.24, 2.45) is 5.73 Å². The molecule has 0 bridgehead atoms. The monoisotopic (exact) mass is 296 g/mol. The maximum atomic E-state index is 11.3. The minimum absolute atomic E-state index is 0.148. The summed E-state index contributed by atoms with van der Waals surface area (Å²) in [6.45, 7) is 0.528. The molecule has 3 rings (SSSR count). The van der Waals surface area contributed by atoms with E-state index < -0.39 is 13.0 Å². The van der Waals surface area contributed by atoms with Gasteiger partial charge in [-0.3, -0.25) is 4.79 Å². The van der Waals surface area contributed by atoms with E-state index >= 15 is 0 Å². The maximum Gasteiger partial charge on any atom is 0.488 e. The molecule has 3 aromatic rings. The highest BCUT2D eigenvalue weighted by Crippen LogP contribution is 2.16. The summed E-state index contributed by atoms with van der Waals surface area (Å²) >= 11 is 0. The van der Waals surface area contributed by atoms with Crippen LogP contribution in [0.25, 0.3) is 11.0 Å². The van der Waals surface area contributed by atoms with E-state index in [9.17, 15) is 4.79 Å². The second kappa shape index (κ2) is 5.59. The van der Waals surface area contributed by atoms with Crippen molar-refractivity contribution in [3.63, 3.8) is 0 Å². The van der Waals surface area contributed by atoms with Gasteiger partial charge in [0.25, 0.3) is 5.91 Å². The molecule has 0 atom stereocenters. The third kappa shape index (κ3) is 2.57. The fourth-order valence-electron chi connectivity index (χ4n) is 2.29. The molecule has 8 heteroatoms. The smallest absolute Gasteiger partial charge is 0.423 e. The predicted octanol–water partition coefficient (Wildman–Crippen LogP) is -0.742. The highest BCUT2D eigenvalue weighted by atomic mass is 16.4. The molecule has 0 aliphatic rings. The van der Waals surface area contributed by atoms with Gasteiger partial charge in [-0.2, -0.15) is 0 Å². The zero-order chi connectivity index (χ0) is 15.7. The number of imidazole rings is 1. The summed E-state index contributed by atoms with van der Waals surface area (Å²) in [4.78, 5) is 19.5. The molecule has 110 valence electrons. The quantitative estimate of drug-likeness (QED) is 0.549. The molecule has 2 aromatic heterocycles. The van der Waals surface area contributed by atoms with Crippen molar-refractivity contribution in [2.75, 3.05) is 0 Å². The van der Waals surface area contributed by atoms with Crippen LogP contribution in [0.15, 0.2) is 42.9 Å². The summed E-state index contributed by atoms with van der Waals surface area (Å²) in [5.74, 6) is -0.614. The number of hydrogen-bond acceptors (Lipinski definition) is 5. The molecule has 0 radical (unpaired) electrons. The third-order valence-corrected chi connectivity index (χ3v) is 3.40. The van der Waals surface area contributed by atoms with Gasteiger partial charge in [0.15, 0.2) is 5.69 Å². The molecule has 1 amide bonds. The van der Waals surface area contributed by atoms with E-state index in [1.807, 2.05) is 4.57 Å². The molecule has 1 aromatic carbocycles. The first-order valence-corrected chi connectivity index (χ1v) is 6.61. The lowest BCUT2D eigenvalue weighted by molar-refractivity contribution is 0.0997. The molecule has 0 saturated heterocycles. The Morgan fingerprint density at radius 3 is 2.55 bits per heavy atom. The van der Waals surface area contributed by atoms with Crippen LogP contribution in [0.5, 0.6) is 0 Å². The molecular weight excluding hydrogens is 283 g/mol. The Labute approximate surface area is 126 Å². The summed E-state index contributed by atoms with van der Waals surface area (Å²) in [6, 6.07) is 8.67. The average Bonchev–Trinajstić information content (AvgIpc) is 2.91. The zero-order valence-corrected chi connectivity index (χ0v) is 11.5. The number of nitrogens with two attached hydrogens (primary N) is 1. The number of benzene rings is 1. The first-order valence-electron chi connectivity index (χ1n) is 6.61. The van der Waals surface area contributed by atoms with Crippen LogP contribution in [-0.4, -0.2) is 37.6 Å². The van der Waals surface area contributed by atoms with Crippen LogP contribution in [0.3, 0.4) is 0 Å². The van der Waals surface area contributed by atoms with Gasteiger partial charge in [0.05, 0.1) is 11.8 Å². The van der Waals surface area contributed by atoms with Gasteiger partial charge >= 0.3 is 7.12 Å². The maximum absolute atomic E-state index is 11.3. The molecule has 0 fully saturated rings. The van der Waals surface area contributed by atoms with E-state index in [1.165, 1.54) is 6.20 Å². The summed E-state index contributed by atoms with van der Waals surface area (Å²) in [5.41, 5.74) is 8.06. The minimum Gasteiger partial charge on any atom is -0.423 e. The minimum atomic E-state index is -1.48. The second-order valence-electron chi connectivity index (χ2n) is 4.88. The fourth-order valence-corrected chi connectivity index (χ4v) is 2.29. The van der Waals surface area contributed by atoms with Crippen LogP contribution in [0, 0.1) is 0 Å². The van der Waals surface area contributed by atoms with Crippen LogP contribution in [0.4, 0.5) is 0 Å². The van der Waals surface area contributed by atoms with Gasteiger partial charge in [-0.25, -0.2) is 9.97 Å². The number of aromatic nitrogens is 3. The van der Waals surface area contributed by atoms with Crippen molar-refractivity contribution < 1.29 is 14.8 Å². The Kier molecular flexibility index (Phi) is 3.62. The standard InChI is InChI=1S/C14H13BN4O3/c16-14(20)13-12-11(5-6-17-13)19(8-18-12)7-9-1-3-10(4-2-9)15(21)22/h1-6,8,21-22H,7H2,(H2,16,20). The lowest BCUT2D eigenvalue weighted by Crippen LogP contribution is -2.29. The number of amides is 1. The van der Waals surface area contributed by atoms with E-state index in [0.717, 1.165) is 11.1 Å². The Morgan fingerprint density at radius 1 is 1.18 bits per heavy atom. The van der Waals surface area contributed by atoms with E-state index in [1.54, 1.807) is 36.7 Å². The number of primary amides is 1. The van der Waals surface area contributed by atoms with Crippen LogP contribution >= 0.6 is 0 Å². The van der Waals surface area contributed by atoms with Gasteiger partial charge < -0.3 is 20.3 Å². The number of carbonyl (C=O) groups is 1. The first kappa shape index (κ1) is 14.2. The van der Waals surface area contributed by atoms with Crippen molar-refractivity contribution >= 4 is 29.5 Å². The number of nitrogens with zero attached hydrogens (tertiary/aromatic N) is 3. The van der Waals surface area contributed by atoms with Crippen molar-refractivity contribution in [2.45, 2.75) is 6.54 Å². The number of carbonyl (C=O) groups excluding carboxylic acids is 1. The van der Waals surface area contributed by atoms with E-state index in [4.69, 9.17) is 15.8 Å². The van der Waals surface area contributed by atoms with E-state index in [0.29, 0.717) is 17.5 Å². The van der Waals surface area contributed by atoms with Gasteiger partial charge in [0.1, 0.15) is 5.52 Å². The molecule has 7 nitrogen and oxygen atoms in total. The highest BCUT2D eigenvalue weighted by molar-refractivity contribution is 6.58. The van der Waals surface area contributed by atoms with Crippen LogP contribution in [0.2, 0.25) is 0 Å². The number of rotatable bonds is 4. The van der Waals surface area contributed by atoms with Crippen LogP contribution < -0.4 is 11.2 Å². The summed E-state index contributed by atoms with van der Waals surface area (Å²) in [7, 11) is -1.48. The molecular formula is C14H13BN4O3. The molecule has 2 heterocycles. The van der Waals surface area contributed by atoms with Crippen molar-refractivity contribution in [1.29, 1.82) is 0 Å². The van der Waals surface area contributed by atoms with Crippen molar-refractivity contribution in [3.05, 3.63) is 54.1 Å². The highest BCUT2D eigenvalue weighted by Gasteiger charge is 2.13. The normalized spacial score (nSPS) is 10.8. The number of hydrogen-bond donors (Lipinski definition) is 3. The van der Waals surface area contributed by atoms with Gasteiger partial charge in [0.2, 0.25) is 0 Å². The molecule has 0 unspecified atom stereocenters. The Hall–Kier alpha value is -2.71. The summed E-state index contributed by atoms with van der Waals surface area (Å²) in [6.07, 6.45) is 3.14. The van der Waals surface area contributed by atoms with Gasteiger partial charge in [0, 0.05) is 12.7 Å². The van der Waals surface area contributed by atoms with Gasteiger partial charge in [-0.1, -0.05) is 24.3 Å². The number of pyridine rings is 1. The van der Waals surface area contributed by atoms with Crippen LogP contribution in [-0.2, 0) is 6.54 Å². The second-order valence-corrected chi connectivity index (χ2v) is 4.88. The molecule has 22 heavy (non-hydrogen) atoms. The lowest BCUT2D eigenvalue weighted by atomic mass is 9.80. The Morgan fingerprint density at radius 2 is 1.91 bits per heavy atom.